The van der Waals surface area contributed by atoms with Crippen LogP contribution >= 0.6 is 0 Å². The normalized spacial score (nSPS) is 11.5. The summed E-state index contributed by atoms with van der Waals surface area (Å²) in [6.07, 6.45) is 1.72. The van der Waals surface area contributed by atoms with Gasteiger partial charge in [0.15, 0.2) is 5.82 Å². The molecule has 0 bridgehead atoms. The lowest BCUT2D eigenvalue weighted by molar-refractivity contribution is -0.384. The first-order chi connectivity index (χ1) is 24.0. The van der Waals surface area contributed by atoms with Crippen LogP contribution in [0.25, 0.3) is 28.0 Å². The van der Waals surface area contributed by atoms with Crippen molar-refractivity contribution in [3.05, 3.63) is 145 Å². The van der Waals surface area contributed by atoms with Crippen LogP contribution in [-0.4, -0.2) is 32.0 Å². The molecule has 50 heavy (non-hydrogen) atoms. The number of non-ortho nitro benzene ring substituents is 1. The fraction of sp³-hybridized carbons (Fsp3) is 0.225. The molecule has 0 saturated heterocycles. The third-order valence-corrected chi connectivity index (χ3v) is 8.70. The third-order valence-electron chi connectivity index (χ3n) is 8.70. The molecular weight excluding hydrogens is 630 g/mol. The number of benzene rings is 4. The highest BCUT2D eigenvalue weighted by molar-refractivity contribution is 5.84. The quantitative estimate of drug-likeness (QED) is 0.0775. The summed E-state index contributed by atoms with van der Waals surface area (Å²) in [5, 5.41) is 16.2. The first-order valence-electron chi connectivity index (χ1n) is 16.5. The predicted octanol–water partition coefficient (Wildman–Crippen LogP) is 8.67. The molecule has 4 aromatic carbocycles. The van der Waals surface area contributed by atoms with Crippen LogP contribution in [0.3, 0.4) is 0 Å². The highest BCUT2D eigenvalue weighted by Crippen LogP contribution is 2.34. The maximum absolute atomic E-state index is 14.0. The minimum Gasteiger partial charge on any atom is -0.494 e. The van der Waals surface area contributed by atoms with E-state index in [9.17, 15) is 14.9 Å². The lowest BCUT2D eigenvalue weighted by atomic mass is 9.96. The van der Waals surface area contributed by atoms with Crippen LogP contribution < -0.4 is 15.0 Å². The fourth-order valence-electron chi connectivity index (χ4n) is 6.08. The summed E-state index contributed by atoms with van der Waals surface area (Å²) in [6.45, 7) is 13.1. The van der Waals surface area contributed by atoms with Gasteiger partial charge in [0.1, 0.15) is 18.1 Å². The number of para-hydroxylation sites is 1. The minimum absolute atomic E-state index is 0.0457. The maximum Gasteiger partial charge on any atom is 0.282 e. The van der Waals surface area contributed by atoms with Crippen LogP contribution in [0, 0.1) is 30.9 Å². The molecule has 0 N–H and O–H groups in total. The molecule has 10 nitrogen and oxygen atoms in total. The van der Waals surface area contributed by atoms with Crippen molar-refractivity contribution in [3.63, 3.8) is 0 Å². The number of aromatic nitrogens is 3. The summed E-state index contributed by atoms with van der Waals surface area (Å²) < 4.78 is 15.4. The number of aryl methyl sites for hydroxylation is 2. The van der Waals surface area contributed by atoms with Gasteiger partial charge in [0.25, 0.3) is 11.2 Å². The van der Waals surface area contributed by atoms with Gasteiger partial charge in [0.2, 0.25) is 0 Å². The average molecular weight is 670 g/mol. The van der Waals surface area contributed by atoms with Crippen LogP contribution in [0.2, 0.25) is 0 Å². The van der Waals surface area contributed by atoms with Gasteiger partial charge in [0.05, 0.1) is 28.6 Å². The number of ether oxygens (including phenoxy) is 2. The number of hydrogen-bond acceptors (Lipinski definition) is 7. The number of nitro benzene ring substituents is 1. The van der Waals surface area contributed by atoms with E-state index in [0.29, 0.717) is 35.7 Å². The summed E-state index contributed by atoms with van der Waals surface area (Å²) in [5.74, 6) is 2.17. The Morgan fingerprint density at radius 3 is 2.34 bits per heavy atom. The van der Waals surface area contributed by atoms with Crippen LogP contribution in [0.15, 0.2) is 101 Å². The van der Waals surface area contributed by atoms with Crippen LogP contribution in [-0.2, 0) is 6.61 Å². The van der Waals surface area contributed by atoms with Gasteiger partial charge in [-0.1, -0.05) is 26.0 Å². The Kier molecular flexibility index (Phi) is 9.63. The monoisotopic (exact) mass is 669 g/mol. The zero-order valence-electron chi connectivity index (χ0n) is 29.0. The predicted molar refractivity (Wildman–Crippen MR) is 197 cm³/mol. The Labute approximate surface area is 290 Å². The molecule has 0 unspecified atom stereocenters. The molecule has 0 saturated carbocycles. The minimum atomic E-state index is -0.421. The van der Waals surface area contributed by atoms with Gasteiger partial charge in [-0.15, -0.1) is 0 Å². The van der Waals surface area contributed by atoms with Crippen LogP contribution in [0.1, 0.15) is 60.3 Å². The van der Waals surface area contributed by atoms with E-state index in [2.05, 4.69) is 24.5 Å². The molecule has 10 heteroatoms. The van der Waals surface area contributed by atoms with Gasteiger partial charge >= 0.3 is 0 Å². The van der Waals surface area contributed by atoms with E-state index < -0.39 is 4.92 Å². The zero-order valence-corrected chi connectivity index (χ0v) is 29.0. The van der Waals surface area contributed by atoms with Crippen molar-refractivity contribution in [3.8, 4) is 28.6 Å². The highest BCUT2D eigenvalue weighted by atomic mass is 16.6. The molecule has 6 aromatic rings. The first kappa shape index (κ1) is 33.9. The molecule has 0 radical (unpaired) electrons. The van der Waals surface area contributed by atoms with Crippen molar-refractivity contribution in [2.45, 2.75) is 54.1 Å². The van der Waals surface area contributed by atoms with E-state index in [1.165, 1.54) is 16.8 Å². The van der Waals surface area contributed by atoms with Gasteiger partial charge in [-0.2, -0.15) is 9.78 Å². The summed E-state index contributed by atoms with van der Waals surface area (Å²) in [5.41, 5.74) is 7.78. The molecule has 2 heterocycles. The summed E-state index contributed by atoms with van der Waals surface area (Å²) in [6, 6.07) is 27.5. The van der Waals surface area contributed by atoms with Crippen molar-refractivity contribution in [1.29, 1.82) is 0 Å². The van der Waals surface area contributed by atoms with E-state index in [1.807, 2.05) is 82.3 Å². The Balaban J connectivity index is 1.33. The molecule has 0 fully saturated rings. The third kappa shape index (κ3) is 6.78. The molecule has 0 aliphatic rings. The topological polar surface area (TPSA) is 114 Å². The number of fused-ring (bicyclic) bond motifs is 1. The van der Waals surface area contributed by atoms with Crippen molar-refractivity contribution in [2.75, 3.05) is 6.61 Å². The molecule has 2 aromatic heterocycles. The molecule has 0 aliphatic heterocycles. The van der Waals surface area contributed by atoms with Crippen molar-refractivity contribution in [2.24, 2.45) is 5.10 Å². The number of rotatable bonds is 11. The zero-order chi connectivity index (χ0) is 35.5. The second-order valence-corrected chi connectivity index (χ2v) is 12.5. The second-order valence-electron chi connectivity index (χ2n) is 12.5. The SMILES string of the molecule is CCOc1cc(C)c(-c2nc3ccccc3c(=O)n2N=Cc2cc(C)n(-c3ccc(OCc4ccc([N+](=O)[O-])cc4)cc3)c2C)cc1C(C)C. The standard InChI is InChI=1S/C40H39N5O5/c1-7-49-38-20-26(4)36(22-35(38)25(2)3)39-42-37-11-9-8-10-34(37)40(46)44(39)41-23-30-21-27(5)43(28(30)6)31-16-18-33(19-17-31)50-24-29-12-14-32(15-13-29)45(47)48/h8-23,25H,7,24H2,1-6H3. The summed E-state index contributed by atoms with van der Waals surface area (Å²) >= 11 is 0. The smallest absolute Gasteiger partial charge is 0.282 e. The van der Waals surface area contributed by atoms with E-state index in [4.69, 9.17) is 19.6 Å². The van der Waals surface area contributed by atoms with E-state index in [-0.39, 0.29) is 17.2 Å². The molecule has 6 rings (SSSR count). The van der Waals surface area contributed by atoms with E-state index in [1.54, 1.807) is 24.4 Å². The lowest BCUT2D eigenvalue weighted by Gasteiger charge is -2.18. The highest BCUT2D eigenvalue weighted by Gasteiger charge is 2.19. The van der Waals surface area contributed by atoms with E-state index in [0.717, 1.165) is 50.6 Å². The molecular formula is C40H39N5O5. The van der Waals surface area contributed by atoms with Gasteiger partial charge in [-0.3, -0.25) is 14.9 Å². The molecule has 0 atom stereocenters. The first-order valence-corrected chi connectivity index (χ1v) is 16.5. The Morgan fingerprint density at radius 1 is 0.940 bits per heavy atom. The number of nitrogens with zero attached hydrogens (tertiary/aromatic N) is 5. The van der Waals surface area contributed by atoms with Gasteiger partial charge in [-0.05, 0) is 117 Å². The van der Waals surface area contributed by atoms with Crippen molar-refractivity contribution < 1.29 is 14.4 Å². The Hall–Kier alpha value is -6.03. The van der Waals surface area contributed by atoms with Gasteiger partial charge in [0, 0.05) is 40.3 Å². The van der Waals surface area contributed by atoms with Gasteiger partial charge < -0.3 is 14.0 Å². The average Bonchev–Trinajstić information content (AvgIpc) is 3.39. The molecule has 0 aliphatic carbocycles. The Bertz CT molecular complexity index is 2280. The second kappa shape index (κ2) is 14.2. The largest absolute Gasteiger partial charge is 0.494 e. The Morgan fingerprint density at radius 2 is 1.66 bits per heavy atom. The summed E-state index contributed by atoms with van der Waals surface area (Å²) in [4.78, 5) is 29.5. The van der Waals surface area contributed by atoms with Crippen molar-refractivity contribution in [1.82, 2.24) is 14.2 Å². The van der Waals surface area contributed by atoms with Crippen molar-refractivity contribution >= 4 is 22.8 Å². The van der Waals surface area contributed by atoms with Crippen LogP contribution in [0.5, 0.6) is 11.5 Å². The fourth-order valence-corrected chi connectivity index (χ4v) is 6.08. The molecule has 0 spiro atoms. The number of hydrogen-bond donors (Lipinski definition) is 0. The lowest BCUT2D eigenvalue weighted by Crippen LogP contribution is -2.21. The van der Waals surface area contributed by atoms with E-state index >= 15 is 0 Å². The maximum atomic E-state index is 14.0. The summed E-state index contributed by atoms with van der Waals surface area (Å²) in [7, 11) is 0. The molecule has 0 amide bonds. The number of nitro groups is 1. The molecule has 254 valence electrons. The van der Waals surface area contributed by atoms with Crippen LogP contribution in [0.4, 0.5) is 5.69 Å². The van der Waals surface area contributed by atoms with Gasteiger partial charge in [-0.25, -0.2) is 4.98 Å².